The summed E-state index contributed by atoms with van der Waals surface area (Å²) in [5.74, 6) is 3.01. The van der Waals surface area contributed by atoms with Crippen LogP contribution in [0.5, 0.6) is 0 Å². The summed E-state index contributed by atoms with van der Waals surface area (Å²) in [5.41, 5.74) is 0.601. The average molecular weight is 265 g/mol. The highest BCUT2D eigenvalue weighted by molar-refractivity contribution is 4.90. The molecule has 1 N–H and O–H groups in total. The van der Waals surface area contributed by atoms with Gasteiger partial charge in [0.25, 0.3) is 0 Å². The summed E-state index contributed by atoms with van der Waals surface area (Å²) in [6, 6.07) is 0. The van der Waals surface area contributed by atoms with Crippen LogP contribution >= 0.6 is 0 Å². The molecule has 0 bridgehead atoms. The van der Waals surface area contributed by atoms with E-state index in [0.717, 1.165) is 17.8 Å². The number of rotatable bonds is 5. The predicted octanol–water partition coefficient (Wildman–Crippen LogP) is 5.01. The fraction of sp³-hybridized carbons (Fsp3) is 1.00. The molecule has 0 aliphatic heterocycles. The van der Waals surface area contributed by atoms with E-state index in [2.05, 4.69) is 26.1 Å². The monoisotopic (exact) mass is 265 g/mol. The molecule has 19 heavy (non-hydrogen) atoms. The van der Waals surface area contributed by atoms with Crippen LogP contribution < -0.4 is 5.32 Å². The molecule has 0 amide bonds. The first kappa shape index (κ1) is 15.4. The topological polar surface area (TPSA) is 12.0 Å². The van der Waals surface area contributed by atoms with Crippen molar-refractivity contribution in [1.29, 1.82) is 0 Å². The number of hydrogen-bond acceptors (Lipinski definition) is 1. The van der Waals surface area contributed by atoms with E-state index in [-0.39, 0.29) is 0 Å². The van der Waals surface area contributed by atoms with Gasteiger partial charge in [-0.1, -0.05) is 52.9 Å². The van der Waals surface area contributed by atoms with Crippen molar-refractivity contribution in [3.63, 3.8) is 0 Å². The van der Waals surface area contributed by atoms with E-state index in [1.807, 2.05) is 0 Å². The summed E-state index contributed by atoms with van der Waals surface area (Å²) in [7, 11) is 0. The lowest BCUT2D eigenvalue weighted by Crippen LogP contribution is -2.40. The zero-order chi connectivity index (χ0) is 13.7. The first-order valence-corrected chi connectivity index (χ1v) is 8.83. The van der Waals surface area contributed by atoms with Crippen LogP contribution in [0.1, 0.15) is 78.6 Å². The molecule has 2 saturated carbocycles. The van der Waals surface area contributed by atoms with Gasteiger partial charge >= 0.3 is 0 Å². The summed E-state index contributed by atoms with van der Waals surface area (Å²) in [6.45, 7) is 9.76. The zero-order valence-electron chi connectivity index (χ0n) is 13.5. The normalized spacial score (nSPS) is 32.4. The molecule has 112 valence electrons. The van der Waals surface area contributed by atoms with E-state index in [4.69, 9.17) is 0 Å². The fourth-order valence-corrected chi connectivity index (χ4v) is 4.53. The van der Waals surface area contributed by atoms with Crippen molar-refractivity contribution < 1.29 is 0 Å². The molecule has 2 atom stereocenters. The van der Waals surface area contributed by atoms with Crippen molar-refractivity contribution in [2.75, 3.05) is 13.1 Å². The number of nitrogens with one attached hydrogen (secondary N) is 1. The van der Waals surface area contributed by atoms with Crippen molar-refractivity contribution >= 4 is 0 Å². The predicted molar refractivity (Wildman–Crippen MR) is 84.3 cm³/mol. The van der Waals surface area contributed by atoms with Crippen LogP contribution in [0.25, 0.3) is 0 Å². The highest BCUT2D eigenvalue weighted by Gasteiger charge is 2.38. The van der Waals surface area contributed by atoms with E-state index in [1.54, 1.807) is 0 Å². The second kappa shape index (κ2) is 7.11. The van der Waals surface area contributed by atoms with Gasteiger partial charge in [-0.25, -0.2) is 0 Å². The molecule has 1 heteroatoms. The molecule has 0 aromatic heterocycles. The fourth-order valence-electron chi connectivity index (χ4n) is 4.53. The largest absolute Gasteiger partial charge is 0.316 e. The van der Waals surface area contributed by atoms with Crippen LogP contribution in [0.15, 0.2) is 0 Å². The highest BCUT2D eigenvalue weighted by atomic mass is 14.9. The van der Waals surface area contributed by atoms with Crippen LogP contribution in [-0.4, -0.2) is 13.1 Å². The van der Waals surface area contributed by atoms with Gasteiger partial charge in [-0.3, -0.25) is 0 Å². The Morgan fingerprint density at radius 3 is 2.47 bits per heavy atom. The summed E-state index contributed by atoms with van der Waals surface area (Å²) >= 11 is 0. The zero-order valence-corrected chi connectivity index (χ0v) is 13.5. The molecular formula is C18H35N. The summed E-state index contributed by atoms with van der Waals surface area (Å²) in [6.07, 6.45) is 13.2. The van der Waals surface area contributed by atoms with Gasteiger partial charge < -0.3 is 5.32 Å². The average Bonchev–Trinajstić information content (AvgIpc) is 2.41. The molecule has 2 fully saturated rings. The Kier molecular flexibility index (Phi) is 5.74. The molecule has 0 radical (unpaired) electrons. The van der Waals surface area contributed by atoms with E-state index in [1.165, 1.54) is 70.9 Å². The van der Waals surface area contributed by atoms with Gasteiger partial charge in [0, 0.05) is 0 Å². The minimum absolute atomic E-state index is 0.601. The summed E-state index contributed by atoms with van der Waals surface area (Å²) in [4.78, 5) is 0. The Labute approximate surface area is 120 Å². The Bertz CT molecular complexity index is 252. The lowest BCUT2D eigenvalue weighted by Gasteiger charge is -2.45. The Morgan fingerprint density at radius 1 is 1.05 bits per heavy atom. The van der Waals surface area contributed by atoms with Gasteiger partial charge in [-0.2, -0.15) is 0 Å². The second-order valence-electron chi connectivity index (χ2n) is 7.93. The Balaban J connectivity index is 1.94. The summed E-state index contributed by atoms with van der Waals surface area (Å²) < 4.78 is 0. The molecule has 0 aromatic carbocycles. The molecule has 2 rings (SSSR count). The molecule has 0 saturated heterocycles. The molecule has 2 aliphatic carbocycles. The van der Waals surface area contributed by atoms with Gasteiger partial charge in [0.2, 0.25) is 0 Å². The second-order valence-corrected chi connectivity index (χ2v) is 7.93. The molecule has 0 aromatic rings. The SMILES string of the molecule is CCCNCC1CCC(C)(C)CC1C1CCCCC1. The number of hydrogen-bond donors (Lipinski definition) is 1. The molecule has 2 aliphatic rings. The Hall–Kier alpha value is -0.0400. The smallest absolute Gasteiger partial charge is 0.00178 e. The van der Waals surface area contributed by atoms with Crippen LogP contribution in [0.3, 0.4) is 0 Å². The molecular weight excluding hydrogens is 230 g/mol. The third kappa shape index (κ3) is 4.48. The van der Waals surface area contributed by atoms with Crippen molar-refractivity contribution in [3.8, 4) is 0 Å². The van der Waals surface area contributed by atoms with Crippen LogP contribution in [0.4, 0.5) is 0 Å². The standard InChI is InChI=1S/C18H35N/c1-4-12-19-14-16-10-11-18(2,3)13-17(16)15-8-6-5-7-9-15/h15-17,19H,4-14H2,1-3H3. The highest BCUT2D eigenvalue weighted by Crippen LogP contribution is 2.47. The van der Waals surface area contributed by atoms with Crippen molar-refractivity contribution in [2.45, 2.75) is 78.6 Å². The first-order chi connectivity index (χ1) is 9.12. The maximum Gasteiger partial charge on any atom is -0.00178 e. The van der Waals surface area contributed by atoms with Gasteiger partial charge in [0.05, 0.1) is 0 Å². The minimum atomic E-state index is 0.601. The van der Waals surface area contributed by atoms with E-state index >= 15 is 0 Å². The van der Waals surface area contributed by atoms with Crippen LogP contribution in [0, 0.1) is 23.2 Å². The van der Waals surface area contributed by atoms with Crippen molar-refractivity contribution in [1.82, 2.24) is 5.32 Å². The molecule has 2 unspecified atom stereocenters. The molecule has 1 nitrogen and oxygen atoms in total. The first-order valence-electron chi connectivity index (χ1n) is 8.83. The van der Waals surface area contributed by atoms with Crippen molar-refractivity contribution in [3.05, 3.63) is 0 Å². The van der Waals surface area contributed by atoms with E-state index in [0.29, 0.717) is 5.41 Å². The van der Waals surface area contributed by atoms with Crippen molar-refractivity contribution in [2.24, 2.45) is 23.2 Å². The van der Waals surface area contributed by atoms with Gasteiger partial charge in [-0.05, 0) is 61.9 Å². The van der Waals surface area contributed by atoms with Gasteiger partial charge in [0.15, 0.2) is 0 Å². The van der Waals surface area contributed by atoms with Gasteiger partial charge in [0.1, 0.15) is 0 Å². The third-order valence-corrected chi connectivity index (χ3v) is 5.67. The van der Waals surface area contributed by atoms with Crippen LogP contribution in [0.2, 0.25) is 0 Å². The lowest BCUT2D eigenvalue weighted by molar-refractivity contribution is 0.0576. The van der Waals surface area contributed by atoms with Crippen LogP contribution in [-0.2, 0) is 0 Å². The summed E-state index contributed by atoms with van der Waals surface area (Å²) in [5, 5.41) is 3.70. The maximum absolute atomic E-state index is 3.70. The minimum Gasteiger partial charge on any atom is -0.316 e. The third-order valence-electron chi connectivity index (χ3n) is 5.67. The van der Waals surface area contributed by atoms with Gasteiger partial charge in [-0.15, -0.1) is 0 Å². The lowest BCUT2D eigenvalue weighted by atomic mass is 9.61. The molecule has 0 spiro atoms. The molecule has 0 heterocycles. The maximum atomic E-state index is 3.70. The van der Waals surface area contributed by atoms with E-state index in [9.17, 15) is 0 Å². The Morgan fingerprint density at radius 2 is 1.79 bits per heavy atom. The van der Waals surface area contributed by atoms with E-state index < -0.39 is 0 Å². The quantitative estimate of drug-likeness (QED) is 0.689.